The lowest BCUT2D eigenvalue weighted by Gasteiger charge is -2.03. The molecule has 0 saturated heterocycles. The lowest BCUT2D eigenvalue weighted by Crippen LogP contribution is -2.10. The van der Waals surface area contributed by atoms with Gasteiger partial charge in [0.1, 0.15) is 22.4 Å². The number of hydrogen-bond acceptors (Lipinski definition) is 4. The van der Waals surface area contributed by atoms with Crippen LogP contribution in [0.15, 0.2) is 40.3 Å². The molecule has 0 radical (unpaired) electrons. The quantitative estimate of drug-likeness (QED) is 0.770. The number of aromatic nitrogens is 1. The van der Waals surface area contributed by atoms with Crippen molar-refractivity contribution in [1.29, 1.82) is 0 Å². The molecule has 2 heterocycles. The number of hydrogen-bond donors (Lipinski definition) is 1. The van der Waals surface area contributed by atoms with Crippen LogP contribution in [0, 0.1) is 0 Å². The highest BCUT2D eigenvalue weighted by Gasteiger charge is 2.16. The van der Waals surface area contributed by atoms with Crippen LogP contribution in [0.25, 0.3) is 11.0 Å². The van der Waals surface area contributed by atoms with E-state index < -0.39 is 0 Å². The standard InChI is InChI=1S/C12H9ClN2OS/c13-8-1-2-9-7(5-8)6-10(16-9)11(14)12-15-3-4-17-12/h1-6,11H,14H2. The van der Waals surface area contributed by atoms with E-state index in [1.54, 1.807) is 12.3 Å². The van der Waals surface area contributed by atoms with E-state index in [1.807, 2.05) is 23.6 Å². The summed E-state index contributed by atoms with van der Waals surface area (Å²) in [6, 6.07) is 7.09. The highest BCUT2D eigenvalue weighted by atomic mass is 35.5. The first-order chi connectivity index (χ1) is 8.24. The van der Waals surface area contributed by atoms with Crippen LogP contribution in [0.5, 0.6) is 0 Å². The first-order valence-electron chi connectivity index (χ1n) is 5.08. The van der Waals surface area contributed by atoms with Crippen LogP contribution in [0.2, 0.25) is 5.02 Å². The molecule has 3 nitrogen and oxygen atoms in total. The van der Waals surface area contributed by atoms with Gasteiger partial charge in [0.15, 0.2) is 0 Å². The first kappa shape index (κ1) is 10.8. The summed E-state index contributed by atoms with van der Waals surface area (Å²) in [5, 5.41) is 4.39. The Labute approximate surface area is 107 Å². The zero-order chi connectivity index (χ0) is 11.8. The molecule has 0 amide bonds. The highest BCUT2D eigenvalue weighted by molar-refractivity contribution is 7.09. The van der Waals surface area contributed by atoms with Gasteiger partial charge < -0.3 is 10.2 Å². The SMILES string of the molecule is NC(c1cc2cc(Cl)ccc2o1)c1nccs1. The van der Waals surface area contributed by atoms with Gasteiger partial charge in [-0.3, -0.25) is 0 Å². The van der Waals surface area contributed by atoms with Gasteiger partial charge in [0, 0.05) is 22.0 Å². The number of nitrogens with two attached hydrogens (primary N) is 1. The summed E-state index contributed by atoms with van der Waals surface area (Å²) in [7, 11) is 0. The summed E-state index contributed by atoms with van der Waals surface area (Å²) in [4.78, 5) is 4.19. The first-order valence-corrected chi connectivity index (χ1v) is 6.34. The molecule has 0 aliphatic rings. The lowest BCUT2D eigenvalue weighted by molar-refractivity contribution is 0.524. The second-order valence-electron chi connectivity index (χ2n) is 3.68. The molecule has 3 aromatic rings. The van der Waals surface area contributed by atoms with Crippen LogP contribution in [-0.2, 0) is 0 Å². The van der Waals surface area contributed by atoms with Crippen molar-refractivity contribution in [3.05, 3.63) is 51.6 Å². The molecule has 0 fully saturated rings. The minimum Gasteiger partial charge on any atom is -0.459 e. The van der Waals surface area contributed by atoms with E-state index in [0.29, 0.717) is 10.8 Å². The topological polar surface area (TPSA) is 52.0 Å². The number of benzene rings is 1. The Hall–Kier alpha value is -1.36. The van der Waals surface area contributed by atoms with Gasteiger partial charge in [-0.2, -0.15) is 0 Å². The predicted octanol–water partition coefficient (Wildman–Crippen LogP) is 3.59. The zero-order valence-corrected chi connectivity index (χ0v) is 10.3. The third-order valence-electron chi connectivity index (χ3n) is 2.52. The summed E-state index contributed by atoms with van der Waals surface area (Å²) >= 11 is 7.44. The smallest absolute Gasteiger partial charge is 0.134 e. The van der Waals surface area contributed by atoms with Gasteiger partial charge in [0.2, 0.25) is 0 Å². The van der Waals surface area contributed by atoms with Crippen molar-refractivity contribution >= 4 is 33.9 Å². The van der Waals surface area contributed by atoms with Crippen molar-refractivity contribution in [3.63, 3.8) is 0 Å². The van der Waals surface area contributed by atoms with Gasteiger partial charge in [-0.05, 0) is 24.3 Å². The molecular weight excluding hydrogens is 256 g/mol. The Morgan fingerprint density at radius 2 is 2.24 bits per heavy atom. The maximum Gasteiger partial charge on any atom is 0.134 e. The number of nitrogens with zero attached hydrogens (tertiary/aromatic N) is 1. The zero-order valence-electron chi connectivity index (χ0n) is 8.76. The molecule has 0 bridgehead atoms. The van der Waals surface area contributed by atoms with E-state index in [1.165, 1.54) is 11.3 Å². The summed E-state index contributed by atoms with van der Waals surface area (Å²) in [6.07, 6.45) is 1.74. The summed E-state index contributed by atoms with van der Waals surface area (Å²) < 4.78 is 5.69. The van der Waals surface area contributed by atoms with Crippen LogP contribution in [0.1, 0.15) is 16.8 Å². The molecule has 1 aromatic carbocycles. The molecule has 0 aliphatic carbocycles. The number of thiazole rings is 1. The van der Waals surface area contributed by atoms with Crippen LogP contribution in [0.4, 0.5) is 0 Å². The number of halogens is 1. The van der Waals surface area contributed by atoms with Crippen LogP contribution in [0.3, 0.4) is 0 Å². The van der Waals surface area contributed by atoms with Crippen molar-refractivity contribution in [1.82, 2.24) is 4.98 Å². The van der Waals surface area contributed by atoms with Crippen LogP contribution < -0.4 is 5.73 Å². The third-order valence-corrected chi connectivity index (χ3v) is 3.62. The van der Waals surface area contributed by atoms with Gasteiger partial charge in [0.05, 0.1) is 0 Å². The van der Waals surface area contributed by atoms with E-state index in [2.05, 4.69) is 4.98 Å². The van der Waals surface area contributed by atoms with Gasteiger partial charge in [-0.1, -0.05) is 11.6 Å². The maximum absolute atomic E-state index is 6.08. The largest absolute Gasteiger partial charge is 0.459 e. The molecule has 2 N–H and O–H groups in total. The van der Waals surface area contributed by atoms with Gasteiger partial charge >= 0.3 is 0 Å². The Kier molecular flexibility index (Phi) is 2.63. The number of furan rings is 1. The molecule has 1 unspecified atom stereocenters. The molecule has 0 spiro atoms. The van der Waals surface area contributed by atoms with Crippen molar-refractivity contribution in [2.75, 3.05) is 0 Å². The van der Waals surface area contributed by atoms with Crippen molar-refractivity contribution < 1.29 is 4.42 Å². The molecule has 17 heavy (non-hydrogen) atoms. The van der Waals surface area contributed by atoms with Gasteiger partial charge in [-0.15, -0.1) is 11.3 Å². The Morgan fingerprint density at radius 3 is 3.00 bits per heavy atom. The van der Waals surface area contributed by atoms with Crippen LogP contribution in [-0.4, -0.2) is 4.98 Å². The van der Waals surface area contributed by atoms with E-state index in [4.69, 9.17) is 21.8 Å². The minimum absolute atomic E-state index is 0.318. The lowest BCUT2D eigenvalue weighted by atomic mass is 10.2. The maximum atomic E-state index is 6.08. The predicted molar refractivity (Wildman–Crippen MR) is 69.4 cm³/mol. The fourth-order valence-electron chi connectivity index (χ4n) is 1.70. The Bertz CT molecular complexity index is 648. The second kappa shape index (κ2) is 4.14. The van der Waals surface area contributed by atoms with E-state index in [0.717, 1.165) is 16.0 Å². The fourth-order valence-corrected chi connectivity index (χ4v) is 2.52. The van der Waals surface area contributed by atoms with E-state index in [9.17, 15) is 0 Å². The van der Waals surface area contributed by atoms with E-state index in [-0.39, 0.29) is 6.04 Å². The monoisotopic (exact) mass is 264 g/mol. The fraction of sp³-hybridized carbons (Fsp3) is 0.0833. The van der Waals surface area contributed by atoms with Crippen molar-refractivity contribution in [2.24, 2.45) is 5.73 Å². The molecular formula is C12H9ClN2OS. The highest BCUT2D eigenvalue weighted by Crippen LogP contribution is 2.29. The third kappa shape index (κ3) is 1.95. The Morgan fingerprint density at radius 1 is 1.35 bits per heavy atom. The normalized spacial score (nSPS) is 13.1. The minimum atomic E-state index is -0.318. The summed E-state index contributed by atoms with van der Waals surface area (Å²) in [5.41, 5.74) is 6.87. The van der Waals surface area contributed by atoms with Crippen molar-refractivity contribution in [3.8, 4) is 0 Å². The molecule has 5 heteroatoms. The number of rotatable bonds is 2. The molecule has 0 saturated carbocycles. The average molecular weight is 265 g/mol. The van der Waals surface area contributed by atoms with Crippen molar-refractivity contribution in [2.45, 2.75) is 6.04 Å². The summed E-state index contributed by atoms with van der Waals surface area (Å²) in [5.74, 6) is 0.706. The summed E-state index contributed by atoms with van der Waals surface area (Å²) in [6.45, 7) is 0. The van der Waals surface area contributed by atoms with Gasteiger partial charge in [0.25, 0.3) is 0 Å². The molecule has 2 aromatic heterocycles. The second-order valence-corrected chi connectivity index (χ2v) is 5.04. The molecule has 86 valence electrons. The van der Waals surface area contributed by atoms with Gasteiger partial charge in [-0.25, -0.2) is 4.98 Å². The Balaban J connectivity index is 2.06. The number of fused-ring (bicyclic) bond motifs is 1. The van der Waals surface area contributed by atoms with E-state index >= 15 is 0 Å². The average Bonchev–Trinajstić information content (AvgIpc) is 2.96. The molecule has 1 atom stereocenters. The molecule has 3 rings (SSSR count). The van der Waals surface area contributed by atoms with Crippen LogP contribution >= 0.6 is 22.9 Å². The molecule has 0 aliphatic heterocycles.